The number of carbonyl (C=O) groups excluding carboxylic acids is 1. The highest BCUT2D eigenvalue weighted by Crippen LogP contribution is 2.25. The van der Waals surface area contributed by atoms with Crippen molar-refractivity contribution in [3.63, 3.8) is 0 Å². The fourth-order valence-corrected chi connectivity index (χ4v) is 3.08. The summed E-state index contributed by atoms with van der Waals surface area (Å²) in [4.78, 5) is 31.3. The average molecular weight is 357 g/mol. The summed E-state index contributed by atoms with van der Waals surface area (Å²) in [6.07, 6.45) is 0. The van der Waals surface area contributed by atoms with Gasteiger partial charge in [0.15, 0.2) is 0 Å². The maximum Gasteiger partial charge on any atom is 0.258 e. The van der Waals surface area contributed by atoms with Crippen LogP contribution in [0, 0.1) is 5.82 Å². The second-order valence-corrected chi connectivity index (χ2v) is 6.81. The molecule has 7 heteroatoms. The summed E-state index contributed by atoms with van der Waals surface area (Å²) >= 11 is 1.34. The van der Waals surface area contributed by atoms with Gasteiger partial charge < -0.3 is 10.3 Å². The molecule has 1 unspecified atom stereocenters. The van der Waals surface area contributed by atoms with E-state index in [-0.39, 0.29) is 22.5 Å². The van der Waals surface area contributed by atoms with E-state index in [1.54, 1.807) is 24.3 Å². The molecule has 0 aliphatic heterocycles. The highest BCUT2D eigenvalue weighted by molar-refractivity contribution is 8.00. The third-order valence-electron chi connectivity index (χ3n) is 3.59. The number of carbonyl (C=O) groups is 1. The molecule has 1 aromatic heterocycles. The van der Waals surface area contributed by atoms with Crippen LogP contribution in [0.2, 0.25) is 0 Å². The number of aromatic amines is 1. The Bertz CT molecular complexity index is 974. The Kier molecular flexibility index (Phi) is 5.14. The Balaban J connectivity index is 1.65. The van der Waals surface area contributed by atoms with E-state index < -0.39 is 5.82 Å². The summed E-state index contributed by atoms with van der Waals surface area (Å²) in [5.41, 5.74) is 0.839. The van der Waals surface area contributed by atoms with Crippen molar-refractivity contribution in [2.24, 2.45) is 0 Å². The van der Waals surface area contributed by atoms with E-state index >= 15 is 0 Å². The van der Waals surface area contributed by atoms with Crippen molar-refractivity contribution >= 4 is 34.3 Å². The number of amides is 1. The molecule has 0 saturated heterocycles. The molecule has 2 N–H and O–H groups in total. The Morgan fingerprint density at radius 1 is 1.28 bits per heavy atom. The maximum atomic E-state index is 13.1. The van der Waals surface area contributed by atoms with Gasteiger partial charge in [0.1, 0.15) is 11.6 Å². The zero-order chi connectivity index (χ0) is 17.8. The van der Waals surface area contributed by atoms with Crippen molar-refractivity contribution in [1.82, 2.24) is 9.97 Å². The number of aromatic nitrogens is 2. The van der Waals surface area contributed by atoms with E-state index in [9.17, 15) is 14.0 Å². The van der Waals surface area contributed by atoms with Crippen LogP contribution in [0.3, 0.4) is 0 Å². The highest BCUT2D eigenvalue weighted by atomic mass is 32.2. The standard InChI is InChI=1S/C18H16FN3O2S/c1-11(17-21-15-8-3-2-7-14(15)18(24)22-17)25-10-16(23)20-13-6-4-5-12(19)9-13/h2-9,11H,10H2,1H3,(H,20,23)(H,21,22,24). The lowest BCUT2D eigenvalue weighted by Gasteiger charge is -2.11. The third-order valence-corrected chi connectivity index (χ3v) is 4.74. The van der Waals surface area contributed by atoms with Crippen LogP contribution >= 0.6 is 11.8 Å². The van der Waals surface area contributed by atoms with Gasteiger partial charge in [-0.2, -0.15) is 0 Å². The quantitative estimate of drug-likeness (QED) is 0.733. The minimum atomic E-state index is -0.406. The monoisotopic (exact) mass is 357 g/mol. The average Bonchev–Trinajstić information content (AvgIpc) is 2.59. The number of thioether (sulfide) groups is 1. The normalized spacial score (nSPS) is 12.1. The van der Waals surface area contributed by atoms with Crippen molar-refractivity contribution < 1.29 is 9.18 Å². The van der Waals surface area contributed by atoms with Crippen LogP contribution in [-0.4, -0.2) is 21.6 Å². The number of nitrogens with zero attached hydrogens (tertiary/aromatic N) is 1. The summed E-state index contributed by atoms with van der Waals surface area (Å²) in [6.45, 7) is 1.87. The molecule has 25 heavy (non-hydrogen) atoms. The molecule has 2 aromatic carbocycles. The van der Waals surface area contributed by atoms with E-state index in [2.05, 4.69) is 15.3 Å². The largest absolute Gasteiger partial charge is 0.325 e. The van der Waals surface area contributed by atoms with Crippen molar-refractivity contribution in [3.05, 3.63) is 70.5 Å². The van der Waals surface area contributed by atoms with Crippen LogP contribution in [0.4, 0.5) is 10.1 Å². The molecular formula is C18H16FN3O2S. The van der Waals surface area contributed by atoms with Crippen LogP contribution < -0.4 is 10.9 Å². The van der Waals surface area contributed by atoms with Gasteiger partial charge in [-0.25, -0.2) is 9.37 Å². The smallest absolute Gasteiger partial charge is 0.258 e. The summed E-state index contributed by atoms with van der Waals surface area (Å²) in [5, 5.41) is 3.00. The van der Waals surface area contributed by atoms with Crippen LogP contribution in [0.25, 0.3) is 10.9 Å². The summed E-state index contributed by atoms with van der Waals surface area (Å²) in [7, 11) is 0. The molecule has 1 heterocycles. The van der Waals surface area contributed by atoms with Crippen molar-refractivity contribution in [2.45, 2.75) is 12.2 Å². The lowest BCUT2D eigenvalue weighted by Crippen LogP contribution is -2.16. The molecule has 3 rings (SSSR count). The summed E-state index contributed by atoms with van der Waals surface area (Å²) in [6, 6.07) is 12.8. The van der Waals surface area contributed by atoms with Gasteiger partial charge in [-0.1, -0.05) is 18.2 Å². The van der Waals surface area contributed by atoms with Gasteiger partial charge in [-0.05, 0) is 37.3 Å². The first-order chi connectivity index (χ1) is 12.0. The fraction of sp³-hybridized carbons (Fsp3) is 0.167. The molecule has 1 atom stereocenters. The summed E-state index contributed by atoms with van der Waals surface area (Å²) < 4.78 is 13.1. The SMILES string of the molecule is CC(SCC(=O)Nc1cccc(F)c1)c1nc2ccccc2c(=O)[nH]1. The van der Waals surface area contributed by atoms with Crippen LogP contribution in [-0.2, 0) is 4.79 Å². The topological polar surface area (TPSA) is 74.8 Å². The highest BCUT2D eigenvalue weighted by Gasteiger charge is 2.13. The van der Waals surface area contributed by atoms with E-state index in [0.29, 0.717) is 22.4 Å². The second kappa shape index (κ2) is 7.48. The maximum absolute atomic E-state index is 13.1. The van der Waals surface area contributed by atoms with Gasteiger partial charge in [0, 0.05) is 5.69 Å². The molecule has 0 bridgehead atoms. The molecule has 5 nitrogen and oxygen atoms in total. The van der Waals surface area contributed by atoms with Crippen molar-refractivity contribution in [2.75, 3.05) is 11.1 Å². The van der Waals surface area contributed by atoms with E-state index in [4.69, 9.17) is 0 Å². The first kappa shape index (κ1) is 17.2. The Morgan fingerprint density at radius 2 is 2.08 bits per heavy atom. The zero-order valence-corrected chi connectivity index (χ0v) is 14.3. The van der Waals surface area contributed by atoms with Gasteiger partial charge >= 0.3 is 0 Å². The number of fused-ring (bicyclic) bond motifs is 1. The minimum Gasteiger partial charge on any atom is -0.325 e. The number of halogens is 1. The van der Waals surface area contributed by atoms with Crippen molar-refractivity contribution in [3.8, 4) is 0 Å². The molecule has 0 aliphatic rings. The van der Waals surface area contributed by atoms with Gasteiger partial charge in [0.05, 0.1) is 21.9 Å². The molecule has 128 valence electrons. The molecule has 0 fully saturated rings. The molecule has 0 radical (unpaired) electrons. The van der Waals surface area contributed by atoms with Crippen LogP contribution in [0.1, 0.15) is 18.0 Å². The number of anilines is 1. The number of rotatable bonds is 5. The third kappa shape index (κ3) is 4.24. The predicted molar refractivity (Wildman–Crippen MR) is 98.3 cm³/mol. The minimum absolute atomic E-state index is 0.161. The lowest BCUT2D eigenvalue weighted by atomic mass is 10.2. The molecule has 0 saturated carbocycles. The van der Waals surface area contributed by atoms with Gasteiger partial charge in [0.25, 0.3) is 5.56 Å². The van der Waals surface area contributed by atoms with Gasteiger partial charge in [0.2, 0.25) is 5.91 Å². The first-order valence-corrected chi connectivity index (χ1v) is 8.74. The van der Waals surface area contributed by atoms with Gasteiger partial charge in [-0.3, -0.25) is 9.59 Å². The summed E-state index contributed by atoms with van der Waals surface area (Å²) in [5.74, 6) is 0.0309. The molecule has 1 amide bonds. The number of hydrogen-bond donors (Lipinski definition) is 2. The second-order valence-electron chi connectivity index (χ2n) is 5.48. The predicted octanol–water partition coefficient (Wildman–Crippen LogP) is 3.50. The Labute approximate surface area is 147 Å². The number of para-hydroxylation sites is 1. The number of nitrogens with one attached hydrogen (secondary N) is 2. The number of H-pyrrole nitrogens is 1. The van der Waals surface area contributed by atoms with Crippen LogP contribution in [0.15, 0.2) is 53.3 Å². The lowest BCUT2D eigenvalue weighted by molar-refractivity contribution is -0.113. The number of hydrogen-bond acceptors (Lipinski definition) is 4. The van der Waals surface area contributed by atoms with E-state index in [1.807, 2.05) is 13.0 Å². The van der Waals surface area contributed by atoms with Gasteiger partial charge in [-0.15, -0.1) is 11.8 Å². The fourth-order valence-electron chi connectivity index (χ4n) is 2.34. The Morgan fingerprint density at radius 3 is 2.88 bits per heavy atom. The molecule has 3 aromatic rings. The Hall–Kier alpha value is -2.67. The van der Waals surface area contributed by atoms with E-state index in [1.165, 1.54) is 30.0 Å². The molecule has 0 spiro atoms. The zero-order valence-electron chi connectivity index (χ0n) is 13.5. The first-order valence-electron chi connectivity index (χ1n) is 7.69. The van der Waals surface area contributed by atoms with E-state index in [0.717, 1.165) is 0 Å². The molecular weight excluding hydrogens is 341 g/mol. The van der Waals surface area contributed by atoms with Crippen molar-refractivity contribution in [1.29, 1.82) is 0 Å². The molecule has 0 aliphatic carbocycles. The van der Waals surface area contributed by atoms with Crippen LogP contribution in [0.5, 0.6) is 0 Å². The number of benzene rings is 2.